The van der Waals surface area contributed by atoms with Crippen LogP contribution in [-0.2, 0) is 4.79 Å². The minimum absolute atomic E-state index is 0.187. The van der Waals surface area contributed by atoms with Crippen LogP contribution in [0, 0.1) is 6.92 Å². The van der Waals surface area contributed by atoms with E-state index >= 15 is 0 Å². The summed E-state index contributed by atoms with van der Waals surface area (Å²) in [6.07, 6.45) is 0. The quantitative estimate of drug-likeness (QED) is 0.877. The predicted octanol–water partition coefficient (Wildman–Crippen LogP) is 1.60. The summed E-state index contributed by atoms with van der Waals surface area (Å²) in [6, 6.07) is 6.04. The molecule has 20 heavy (non-hydrogen) atoms. The molecule has 2 N–H and O–H groups in total. The van der Waals surface area contributed by atoms with Gasteiger partial charge in [-0.2, -0.15) is 0 Å². The van der Waals surface area contributed by atoms with Crippen molar-refractivity contribution >= 4 is 11.9 Å². The lowest BCUT2D eigenvalue weighted by molar-refractivity contribution is -0.140. The van der Waals surface area contributed by atoms with Crippen LogP contribution in [0.2, 0.25) is 0 Å². The maximum absolute atomic E-state index is 11.2. The van der Waals surface area contributed by atoms with E-state index in [1.165, 1.54) is 6.92 Å². The Morgan fingerprint density at radius 3 is 2.30 bits per heavy atom. The van der Waals surface area contributed by atoms with Gasteiger partial charge in [-0.25, -0.2) is 14.3 Å². The number of aryl methyl sites for hydroxylation is 1. The molecule has 0 bridgehead atoms. The fourth-order valence-corrected chi connectivity index (χ4v) is 1.79. The van der Waals surface area contributed by atoms with Gasteiger partial charge in [-0.1, -0.05) is 35.0 Å². The predicted molar refractivity (Wildman–Crippen MR) is 69.5 cm³/mol. The second-order valence-corrected chi connectivity index (χ2v) is 4.42. The molecular weight excluding hydrogens is 262 g/mol. The van der Waals surface area contributed by atoms with E-state index in [4.69, 9.17) is 10.2 Å². The lowest BCUT2D eigenvalue weighted by Crippen LogP contribution is -2.18. The van der Waals surface area contributed by atoms with E-state index in [0.29, 0.717) is 5.56 Å². The van der Waals surface area contributed by atoms with Crippen LogP contribution >= 0.6 is 0 Å². The lowest BCUT2D eigenvalue weighted by atomic mass is 10.1. The summed E-state index contributed by atoms with van der Waals surface area (Å²) in [5, 5.41) is 25.4. The van der Waals surface area contributed by atoms with Crippen LogP contribution < -0.4 is 0 Å². The summed E-state index contributed by atoms with van der Waals surface area (Å²) >= 11 is 0. The number of aromatic nitrogens is 3. The van der Waals surface area contributed by atoms with Gasteiger partial charge in [0.05, 0.1) is 0 Å². The molecule has 0 saturated carbocycles. The summed E-state index contributed by atoms with van der Waals surface area (Å²) in [5.41, 5.74) is 1.50. The molecule has 7 nitrogen and oxygen atoms in total. The van der Waals surface area contributed by atoms with Gasteiger partial charge in [0.25, 0.3) is 0 Å². The maximum Gasteiger partial charge on any atom is 0.358 e. The first-order valence-electron chi connectivity index (χ1n) is 5.90. The zero-order valence-electron chi connectivity index (χ0n) is 10.9. The van der Waals surface area contributed by atoms with Gasteiger partial charge in [-0.3, -0.25) is 0 Å². The van der Waals surface area contributed by atoms with Crippen molar-refractivity contribution < 1.29 is 19.8 Å². The summed E-state index contributed by atoms with van der Waals surface area (Å²) < 4.78 is 1.11. The SMILES string of the molecule is Cc1ccc(-c2c(C(=O)O)nnn2C(C)C(=O)O)cc1. The molecule has 0 aliphatic heterocycles. The molecule has 1 unspecified atom stereocenters. The van der Waals surface area contributed by atoms with E-state index in [1.807, 2.05) is 19.1 Å². The number of hydrogen-bond acceptors (Lipinski definition) is 4. The number of nitrogens with zero attached hydrogens (tertiary/aromatic N) is 3. The molecule has 7 heteroatoms. The van der Waals surface area contributed by atoms with Crippen molar-refractivity contribution in [2.75, 3.05) is 0 Å². The van der Waals surface area contributed by atoms with Gasteiger partial charge in [0.15, 0.2) is 5.69 Å². The van der Waals surface area contributed by atoms with Crippen molar-refractivity contribution in [1.29, 1.82) is 0 Å². The summed E-state index contributed by atoms with van der Waals surface area (Å²) in [5.74, 6) is -2.36. The Morgan fingerprint density at radius 2 is 1.80 bits per heavy atom. The standard InChI is InChI=1S/C13H13N3O4/c1-7-3-5-9(6-4-7)11-10(13(19)20)14-15-16(11)8(2)12(17)18/h3-6,8H,1-2H3,(H,17,18)(H,19,20). The molecule has 1 heterocycles. The number of carboxylic acids is 2. The Bertz CT molecular complexity index is 661. The maximum atomic E-state index is 11.2. The van der Waals surface area contributed by atoms with E-state index in [0.717, 1.165) is 10.2 Å². The fourth-order valence-electron chi connectivity index (χ4n) is 1.79. The smallest absolute Gasteiger partial charge is 0.358 e. The van der Waals surface area contributed by atoms with Crippen LogP contribution in [0.4, 0.5) is 0 Å². The van der Waals surface area contributed by atoms with E-state index in [1.54, 1.807) is 12.1 Å². The molecule has 1 aromatic carbocycles. The van der Waals surface area contributed by atoms with Gasteiger partial charge in [0.2, 0.25) is 0 Å². The molecule has 2 rings (SSSR count). The second kappa shape index (κ2) is 5.12. The Kier molecular flexibility index (Phi) is 3.51. The van der Waals surface area contributed by atoms with Gasteiger partial charge in [-0.05, 0) is 13.8 Å². The van der Waals surface area contributed by atoms with Crippen molar-refractivity contribution in [3.63, 3.8) is 0 Å². The van der Waals surface area contributed by atoms with Crippen LogP contribution in [0.3, 0.4) is 0 Å². The van der Waals surface area contributed by atoms with E-state index in [9.17, 15) is 9.59 Å². The third-order valence-electron chi connectivity index (χ3n) is 2.95. The average Bonchev–Trinajstić information content (AvgIpc) is 2.83. The zero-order chi connectivity index (χ0) is 14.9. The molecule has 0 radical (unpaired) electrons. The molecule has 0 saturated heterocycles. The third-order valence-corrected chi connectivity index (χ3v) is 2.95. The van der Waals surface area contributed by atoms with Crippen molar-refractivity contribution in [2.45, 2.75) is 19.9 Å². The van der Waals surface area contributed by atoms with Gasteiger partial charge >= 0.3 is 11.9 Å². The fraction of sp³-hybridized carbons (Fsp3) is 0.231. The minimum atomic E-state index is -1.25. The monoisotopic (exact) mass is 275 g/mol. The van der Waals surface area contributed by atoms with Crippen LogP contribution in [-0.4, -0.2) is 37.1 Å². The van der Waals surface area contributed by atoms with Crippen LogP contribution in [0.25, 0.3) is 11.3 Å². The van der Waals surface area contributed by atoms with E-state index < -0.39 is 18.0 Å². The molecule has 1 atom stereocenters. The minimum Gasteiger partial charge on any atom is -0.480 e. The van der Waals surface area contributed by atoms with Crippen molar-refractivity contribution in [2.24, 2.45) is 0 Å². The molecule has 0 aliphatic carbocycles. The number of rotatable bonds is 4. The van der Waals surface area contributed by atoms with E-state index in [2.05, 4.69) is 10.3 Å². The van der Waals surface area contributed by atoms with Crippen LogP contribution in [0.15, 0.2) is 24.3 Å². The number of hydrogen-bond donors (Lipinski definition) is 2. The first-order valence-corrected chi connectivity index (χ1v) is 5.90. The van der Waals surface area contributed by atoms with Crippen molar-refractivity contribution in [3.05, 3.63) is 35.5 Å². The highest BCUT2D eigenvalue weighted by Gasteiger charge is 2.26. The number of carbonyl (C=O) groups is 2. The molecule has 2 aromatic rings. The van der Waals surface area contributed by atoms with Crippen LogP contribution in [0.5, 0.6) is 0 Å². The molecule has 0 amide bonds. The number of benzene rings is 1. The summed E-state index contributed by atoms with van der Waals surface area (Å²) in [7, 11) is 0. The largest absolute Gasteiger partial charge is 0.480 e. The molecule has 0 fully saturated rings. The van der Waals surface area contributed by atoms with Gasteiger partial charge < -0.3 is 10.2 Å². The first kappa shape index (κ1) is 13.7. The zero-order valence-corrected chi connectivity index (χ0v) is 10.9. The first-order chi connectivity index (χ1) is 9.41. The second-order valence-electron chi connectivity index (χ2n) is 4.42. The molecule has 0 spiro atoms. The Labute approximate surface area is 114 Å². The molecular formula is C13H13N3O4. The topological polar surface area (TPSA) is 105 Å². The van der Waals surface area contributed by atoms with Crippen LogP contribution in [0.1, 0.15) is 29.0 Å². The lowest BCUT2D eigenvalue weighted by Gasteiger charge is -2.11. The Balaban J connectivity index is 2.64. The third kappa shape index (κ3) is 2.37. The van der Waals surface area contributed by atoms with E-state index in [-0.39, 0.29) is 11.4 Å². The average molecular weight is 275 g/mol. The normalized spacial score (nSPS) is 12.1. The molecule has 1 aromatic heterocycles. The number of aromatic carboxylic acids is 1. The molecule has 0 aliphatic rings. The summed E-state index contributed by atoms with van der Waals surface area (Å²) in [6.45, 7) is 3.32. The van der Waals surface area contributed by atoms with Crippen molar-refractivity contribution in [1.82, 2.24) is 15.0 Å². The Morgan fingerprint density at radius 1 is 1.20 bits per heavy atom. The van der Waals surface area contributed by atoms with Gasteiger partial charge in [0.1, 0.15) is 11.7 Å². The number of aliphatic carboxylic acids is 1. The van der Waals surface area contributed by atoms with Crippen molar-refractivity contribution in [3.8, 4) is 11.3 Å². The van der Waals surface area contributed by atoms with Gasteiger partial charge in [0, 0.05) is 5.56 Å². The highest BCUT2D eigenvalue weighted by molar-refractivity contribution is 5.93. The highest BCUT2D eigenvalue weighted by atomic mass is 16.4. The van der Waals surface area contributed by atoms with Gasteiger partial charge in [-0.15, -0.1) is 5.10 Å². The number of carboxylic acid groups (broad SMARTS) is 2. The Hall–Kier alpha value is -2.70. The highest BCUT2D eigenvalue weighted by Crippen LogP contribution is 2.25. The summed E-state index contributed by atoms with van der Waals surface area (Å²) in [4.78, 5) is 22.3. The molecule has 104 valence electrons.